The van der Waals surface area contributed by atoms with Crippen molar-refractivity contribution in [2.45, 2.75) is 12.5 Å². The molecule has 5 heteroatoms. The third-order valence-corrected chi connectivity index (χ3v) is 4.55. The van der Waals surface area contributed by atoms with Gasteiger partial charge in [0.25, 0.3) is 0 Å². The lowest BCUT2D eigenvalue weighted by Crippen LogP contribution is -2.30. The van der Waals surface area contributed by atoms with Gasteiger partial charge in [-0.15, -0.1) is 0 Å². The van der Waals surface area contributed by atoms with E-state index in [1.165, 1.54) is 6.07 Å². The molecule has 0 aliphatic heterocycles. The Morgan fingerprint density at radius 2 is 1.84 bits per heavy atom. The summed E-state index contributed by atoms with van der Waals surface area (Å²) < 4.78 is 15.0. The van der Waals surface area contributed by atoms with Crippen molar-refractivity contribution < 1.29 is 4.39 Å². The summed E-state index contributed by atoms with van der Waals surface area (Å²) >= 11 is 6.78. The monoisotopic (exact) mass is 386 g/mol. The molecule has 2 aromatic carbocycles. The smallest absolute Gasteiger partial charge is 0.137 e. The highest BCUT2D eigenvalue weighted by Gasteiger charge is 2.16. The van der Waals surface area contributed by atoms with Crippen LogP contribution in [0.4, 0.5) is 4.39 Å². The van der Waals surface area contributed by atoms with Crippen LogP contribution in [0.5, 0.6) is 0 Å². The molecule has 2 aromatic rings. The number of hydrogen-bond donors (Lipinski definition) is 2. The summed E-state index contributed by atoms with van der Waals surface area (Å²) in [6.45, 7) is 0. The Kier molecular flexibility index (Phi) is 5.10. The number of hydrazine groups is 1. The topological polar surface area (TPSA) is 38.0 Å². The first-order valence-electron chi connectivity index (χ1n) is 5.77. The highest BCUT2D eigenvalue weighted by atomic mass is 79.9. The molecule has 0 heterocycles. The molecule has 0 spiro atoms. The van der Waals surface area contributed by atoms with Gasteiger partial charge in [0, 0.05) is 4.47 Å². The van der Waals surface area contributed by atoms with Crippen molar-refractivity contribution in [1.82, 2.24) is 5.43 Å². The first-order chi connectivity index (χ1) is 9.13. The zero-order chi connectivity index (χ0) is 13.8. The Bertz CT molecular complexity index is 575. The second kappa shape index (κ2) is 6.61. The van der Waals surface area contributed by atoms with Gasteiger partial charge in [-0.25, -0.2) is 4.39 Å². The third-order valence-electron chi connectivity index (χ3n) is 2.94. The molecule has 0 fully saturated rings. The molecule has 0 saturated heterocycles. The maximum absolute atomic E-state index is 13.6. The highest BCUT2D eigenvalue weighted by Crippen LogP contribution is 2.29. The molecule has 3 N–H and O–H groups in total. The van der Waals surface area contributed by atoms with Crippen LogP contribution < -0.4 is 11.3 Å². The molecule has 1 atom stereocenters. The van der Waals surface area contributed by atoms with Gasteiger partial charge in [-0.2, -0.15) is 0 Å². The van der Waals surface area contributed by atoms with Crippen LogP contribution in [0.25, 0.3) is 0 Å². The molecular weight excluding hydrogens is 375 g/mol. The van der Waals surface area contributed by atoms with Crippen molar-refractivity contribution in [3.8, 4) is 0 Å². The fourth-order valence-corrected chi connectivity index (χ4v) is 2.92. The Morgan fingerprint density at radius 1 is 1.11 bits per heavy atom. The standard InChI is InChI=1S/C14H13Br2FN2/c15-11-6-2-1-4-9(11)8-13(19-18)10-5-3-7-12(17)14(10)16/h1-7,13,19H,8,18H2. The minimum atomic E-state index is -0.287. The van der Waals surface area contributed by atoms with Gasteiger partial charge in [-0.05, 0) is 45.6 Å². The SMILES string of the molecule is NNC(Cc1ccccc1Br)c1cccc(F)c1Br. The van der Waals surface area contributed by atoms with E-state index in [0.717, 1.165) is 15.6 Å². The average molecular weight is 388 g/mol. The van der Waals surface area contributed by atoms with E-state index in [-0.39, 0.29) is 11.9 Å². The number of rotatable bonds is 4. The molecule has 19 heavy (non-hydrogen) atoms. The summed E-state index contributed by atoms with van der Waals surface area (Å²) in [5, 5.41) is 0. The number of nitrogens with two attached hydrogens (primary N) is 1. The first kappa shape index (κ1) is 14.7. The molecule has 0 aliphatic rings. The lowest BCUT2D eigenvalue weighted by atomic mass is 9.99. The fraction of sp³-hybridized carbons (Fsp3) is 0.143. The first-order valence-corrected chi connectivity index (χ1v) is 7.35. The van der Waals surface area contributed by atoms with Gasteiger partial charge in [-0.1, -0.05) is 46.3 Å². The molecule has 2 rings (SSSR count). The van der Waals surface area contributed by atoms with Gasteiger partial charge >= 0.3 is 0 Å². The average Bonchev–Trinajstić information content (AvgIpc) is 2.41. The van der Waals surface area contributed by atoms with Gasteiger partial charge in [0.15, 0.2) is 0 Å². The van der Waals surface area contributed by atoms with Gasteiger partial charge in [0.2, 0.25) is 0 Å². The van der Waals surface area contributed by atoms with Crippen LogP contribution in [0.3, 0.4) is 0 Å². The van der Waals surface area contributed by atoms with Crippen molar-refractivity contribution in [1.29, 1.82) is 0 Å². The van der Waals surface area contributed by atoms with E-state index < -0.39 is 0 Å². The summed E-state index contributed by atoms with van der Waals surface area (Å²) in [7, 11) is 0. The predicted octanol–water partition coefficient (Wildman–Crippen LogP) is 4.10. The number of nitrogens with one attached hydrogen (secondary N) is 1. The Labute approximate surface area is 128 Å². The van der Waals surface area contributed by atoms with Crippen molar-refractivity contribution in [2.24, 2.45) is 5.84 Å². The lowest BCUT2D eigenvalue weighted by Gasteiger charge is -2.19. The summed E-state index contributed by atoms with van der Waals surface area (Å²) in [6.07, 6.45) is 0.667. The van der Waals surface area contributed by atoms with Crippen molar-refractivity contribution in [3.05, 3.63) is 68.4 Å². The lowest BCUT2D eigenvalue weighted by molar-refractivity contribution is 0.539. The van der Waals surface area contributed by atoms with Gasteiger partial charge in [0.05, 0.1) is 10.5 Å². The summed E-state index contributed by atoms with van der Waals surface area (Å²) in [6, 6.07) is 12.7. The normalized spacial score (nSPS) is 12.4. The Hall–Kier alpha value is -0.750. The van der Waals surface area contributed by atoms with Crippen LogP contribution in [0, 0.1) is 5.82 Å². The van der Waals surface area contributed by atoms with E-state index >= 15 is 0 Å². The summed E-state index contributed by atoms with van der Waals surface area (Å²) in [5.74, 6) is 5.33. The van der Waals surface area contributed by atoms with Crippen molar-refractivity contribution in [2.75, 3.05) is 0 Å². The van der Waals surface area contributed by atoms with E-state index in [2.05, 4.69) is 37.3 Å². The van der Waals surface area contributed by atoms with E-state index in [1.807, 2.05) is 30.3 Å². The van der Waals surface area contributed by atoms with Crippen LogP contribution in [0.2, 0.25) is 0 Å². The maximum atomic E-state index is 13.6. The minimum absolute atomic E-state index is 0.163. The zero-order valence-corrected chi connectivity index (χ0v) is 13.2. The number of benzene rings is 2. The quantitative estimate of drug-likeness (QED) is 0.612. The fourth-order valence-electron chi connectivity index (χ4n) is 1.93. The maximum Gasteiger partial charge on any atom is 0.137 e. The molecule has 0 aromatic heterocycles. The summed E-state index contributed by atoms with van der Waals surface area (Å²) in [4.78, 5) is 0. The second-order valence-electron chi connectivity index (χ2n) is 4.16. The largest absolute Gasteiger partial charge is 0.271 e. The molecule has 1 unspecified atom stereocenters. The van der Waals surface area contributed by atoms with Crippen LogP contribution in [-0.4, -0.2) is 0 Å². The van der Waals surface area contributed by atoms with E-state index in [0.29, 0.717) is 10.9 Å². The Morgan fingerprint density at radius 3 is 2.53 bits per heavy atom. The zero-order valence-electron chi connectivity index (χ0n) is 10.0. The molecular formula is C14H13Br2FN2. The molecule has 2 nitrogen and oxygen atoms in total. The highest BCUT2D eigenvalue weighted by molar-refractivity contribution is 9.10. The van der Waals surface area contributed by atoms with Crippen LogP contribution in [0.1, 0.15) is 17.2 Å². The van der Waals surface area contributed by atoms with Crippen LogP contribution >= 0.6 is 31.9 Å². The molecule has 0 radical (unpaired) electrons. The number of hydrogen-bond acceptors (Lipinski definition) is 2. The van der Waals surface area contributed by atoms with Crippen molar-refractivity contribution >= 4 is 31.9 Å². The molecule has 100 valence electrons. The van der Waals surface area contributed by atoms with Gasteiger partial charge < -0.3 is 0 Å². The summed E-state index contributed by atoms with van der Waals surface area (Å²) in [5.41, 5.74) is 4.66. The molecule has 0 bridgehead atoms. The van der Waals surface area contributed by atoms with Gasteiger partial charge in [-0.3, -0.25) is 11.3 Å². The van der Waals surface area contributed by atoms with Crippen molar-refractivity contribution in [3.63, 3.8) is 0 Å². The predicted molar refractivity (Wildman–Crippen MR) is 82.0 cm³/mol. The van der Waals surface area contributed by atoms with E-state index in [9.17, 15) is 4.39 Å². The molecule has 0 aliphatic carbocycles. The second-order valence-corrected chi connectivity index (χ2v) is 5.81. The molecule has 0 saturated carbocycles. The minimum Gasteiger partial charge on any atom is -0.271 e. The number of halogens is 3. The van der Waals surface area contributed by atoms with Crippen LogP contribution in [-0.2, 0) is 6.42 Å². The van der Waals surface area contributed by atoms with Crippen LogP contribution in [0.15, 0.2) is 51.4 Å². The van der Waals surface area contributed by atoms with E-state index in [1.54, 1.807) is 6.07 Å². The molecule has 0 amide bonds. The van der Waals surface area contributed by atoms with Gasteiger partial charge in [0.1, 0.15) is 5.82 Å². The van der Waals surface area contributed by atoms with E-state index in [4.69, 9.17) is 5.84 Å². The third kappa shape index (κ3) is 3.42. The Balaban J connectivity index is 2.31.